The summed E-state index contributed by atoms with van der Waals surface area (Å²) < 4.78 is 5.75. The van der Waals surface area contributed by atoms with Gasteiger partial charge in [-0.1, -0.05) is 13.8 Å². The Morgan fingerprint density at radius 3 is 2.47 bits per heavy atom. The van der Waals surface area contributed by atoms with E-state index in [4.69, 9.17) is 4.74 Å². The van der Waals surface area contributed by atoms with Crippen molar-refractivity contribution in [2.75, 3.05) is 32.8 Å². The number of hydrogen-bond acceptors (Lipinski definition) is 3. The highest BCUT2D eigenvalue weighted by molar-refractivity contribution is 4.66. The topological polar surface area (TPSA) is 24.5 Å². The number of nitrogens with zero attached hydrogens (tertiary/aromatic N) is 1. The van der Waals surface area contributed by atoms with E-state index in [0.717, 1.165) is 19.7 Å². The van der Waals surface area contributed by atoms with Crippen molar-refractivity contribution in [1.29, 1.82) is 0 Å². The summed E-state index contributed by atoms with van der Waals surface area (Å²) in [6.07, 6.45) is 3.06. The van der Waals surface area contributed by atoms with Crippen LogP contribution in [0.25, 0.3) is 0 Å². The van der Waals surface area contributed by atoms with E-state index in [-0.39, 0.29) is 0 Å². The van der Waals surface area contributed by atoms with Gasteiger partial charge in [0.15, 0.2) is 0 Å². The van der Waals surface area contributed by atoms with Crippen LogP contribution in [0.4, 0.5) is 0 Å². The van der Waals surface area contributed by atoms with Crippen LogP contribution in [0.15, 0.2) is 0 Å². The number of ether oxygens (including phenoxy) is 1. The van der Waals surface area contributed by atoms with E-state index in [9.17, 15) is 0 Å². The van der Waals surface area contributed by atoms with Crippen LogP contribution in [-0.2, 0) is 4.74 Å². The molecule has 1 heterocycles. The minimum absolute atomic E-state index is 0.329. The third-order valence-corrected chi connectivity index (χ3v) is 2.82. The summed E-state index contributed by atoms with van der Waals surface area (Å²) in [5.74, 6) is 0. The Bertz CT molecular complexity index is 156. The van der Waals surface area contributed by atoms with Crippen molar-refractivity contribution in [2.45, 2.75) is 45.8 Å². The van der Waals surface area contributed by atoms with E-state index in [1.54, 1.807) is 0 Å². The molecule has 0 aliphatic carbocycles. The molecule has 0 aromatic heterocycles. The second-order valence-electron chi connectivity index (χ2n) is 4.79. The Kier molecular flexibility index (Phi) is 6.22. The molecule has 0 saturated carbocycles. The van der Waals surface area contributed by atoms with Crippen LogP contribution < -0.4 is 5.32 Å². The van der Waals surface area contributed by atoms with Crippen LogP contribution in [0, 0.1) is 0 Å². The SMILES string of the molecule is CC(C)NCC(C)OCCN1CCCC1. The van der Waals surface area contributed by atoms with Crippen LogP contribution in [0.1, 0.15) is 33.6 Å². The Balaban J connectivity index is 1.93. The highest BCUT2D eigenvalue weighted by Gasteiger charge is 2.11. The Morgan fingerprint density at radius 2 is 1.87 bits per heavy atom. The third kappa shape index (κ3) is 6.13. The molecule has 3 heteroatoms. The van der Waals surface area contributed by atoms with Gasteiger partial charge in [-0.25, -0.2) is 0 Å². The number of likely N-dealkylation sites (tertiary alicyclic amines) is 1. The predicted molar refractivity (Wildman–Crippen MR) is 64.2 cm³/mol. The lowest BCUT2D eigenvalue weighted by molar-refractivity contribution is 0.0513. The van der Waals surface area contributed by atoms with E-state index >= 15 is 0 Å². The van der Waals surface area contributed by atoms with Gasteiger partial charge in [-0.3, -0.25) is 0 Å². The van der Waals surface area contributed by atoms with Crippen molar-refractivity contribution in [1.82, 2.24) is 10.2 Å². The Labute approximate surface area is 94.2 Å². The number of rotatable bonds is 7. The maximum atomic E-state index is 5.75. The number of hydrogen-bond donors (Lipinski definition) is 1. The lowest BCUT2D eigenvalue weighted by Gasteiger charge is -2.19. The molecule has 0 aromatic carbocycles. The highest BCUT2D eigenvalue weighted by atomic mass is 16.5. The zero-order valence-corrected chi connectivity index (χ0v) is 10.5. The van der Waals surface area contributed by atoms with Crippen molar-refractivity contribution < 1.29 is 4.74 Å². The molecular weight excluding hydrogens is 188 g/mol. The molecule has 3 nitrogen and oxygen atoms in total. The Hall–Kier alpha value is -0.120. The van der Waals surface area contributed by atoms with Gasteiger partial charge in [0.05, 0.1) is 12.7 Å². The predicted octanol–water partition coefficient (Wildman–Crippen LogP) is 1.49. The molecule has 1 atom stereocenters. The van der Waals surface area contributed by atoms with Gasteiger partial charge in [0.25, 0.3) is 0 Å². The van der Waals surface area contributed by atoms with E-state index < -0.39 is 0 Å². The summed E-state index contributed by atoms with van der Waals surface area (Å²) in [5.41, 5.74) is 0. The summed E-state index contributed by atoms with van der Waals surface area (Å²) in [5, 5.41) is 3.39. The van der Waals surface area contributed by atoms with Gasteiger partial charge < -0.3 is 15.0 Å². The van der Waals surface area contributed by atoms with E-state index in [1.165, 1.54) is 25.9 Å². The molecule has 15 heavy (non-hydrogen) atoms. The largest absolute Gasteiger partial charge is 0.376 e. The molecule has 1 N–H and O–H groups in total. The maximum Gasteiger partial charge on any atom is 0.0672 e. The molecule has 1 aliphatic rings. The van der Waals surface area contributed by atoms with Gasteiger partial charge in [0.1, 0.15) is 0 Å². The van der Waals surface area contributed by atoms with Crippen LogP contribution in [0.2, 0.25) is 0 Å². The van der Waals surface area contributed by atoms with Crippen molar-refractivity contribution in [3.05, 3.63) is 0 Å². The van der Waals surface area contributed by atoms with Gasteiger partial charge in [-0.15, -0.1) is 0 Å². The molecule has 0 aromatic rings. The molecule has 0 spiro atoms. The Morgan fingerprint density at radius 1 is 1.20 bits per heavy atom. The summed E-state index contributed by atoms with van der Waals surface area (Å²) in [6, 6.07) is 0.551. The summed E-state index contributed by atoms with van der Waals surface area (Å²) >= 11 is 0. The first-order valence-electron chi connectivity index (χ1n) is 6.26. The minimum atomic E-state index is 0.329. The number of nitrogens with one attached hydrogen (secondary N) is 1. The molecule has 0 amide bonds. The fraction of sp³-hybridized carbons (Fsp3) is 1.00. The molecule has 0 bridgehead atoms. The fourth-order valence-corrected chi connectivity index (χ4v) is 1.85. The highest BCUT2D eigenvalue weighted by Crippen LogP contribution is 2.06. The second kappa shape index (κ2) is 7.20. The summed E-state index contributed by atoms with van der Waals surface area (Å²) in [7, 11) is 0. The van der Waals surface area contributed by atoms with Crippen LogP contribution in [-0.4, -0.2) is 49.8 Å². The molecule has 1 rings (SSSR count). The minimum Gasteiger partial charge on any atom is -0.376 e. The first-order valence-corrected chi connectivity index (χ1v) is 6.26. The molecule has 1 saturated heterocycles. The lowest BCUT2D eigenvalue weighted by Crippen LogP contribution is -2.33. The van der Waals surface area contributed by atoms with Crippen molar-refractivity contribution in [2.24, 2.45) is 0 Å². The normalized spacial score (nSPS) is 20.0. The van der Waals surface area contributed by atoms with Gasteiger partial charge >= 0.3 is 0 Å². The molecule has 1 aliphatic heterocycles. The van der Waals surface area contributed by atoms with Gasteiger partial charge in [0, 0.05) is 19.1 Å². The van der Waals surface area contributed by atoms with Gasteiger partial charge in [-0.05, 0) is 32.9 Å². The maximum absolute atomic E-state index is 5.75. The summed E-state index contributed by atoms with van der Waals surface area (Å²) in [4.78, 5) is 2.49. The summed E-state index contributed by atoms with van der Waals surface area (Å²) in [6.45, 7) is 11.9. The van der Waals surface area contributed by atoms with Crippen molar-refractivity contribution in [3.8, 4) is 0 Å². The van der Waals surface area contributed by atoms with Crippen LogP contribution >= 0.6 is 0 Å². The van der Waals surface area contributed by atoms with E-state index in [0.29, 0.717) is 12.1 Å². The van der Waals surface area contributed by atoms with E-state index in [2.05, 4.69) is 31.0 Å². The molecule has 90 valence electrons. The van der Waals surface area contributed by atoms with Gasteiger partial charge in [0.2, 0.25) is 0 Å². The van der Waals surface area contributed by atoms with Crippen molar-refractivity contribution >= 4 is 0 Å². The van der Waals surface area contributed by atoms with Crippen molar-refractivity contribution in [3.63, 3.8) is 0 Å². The standard InChI is InChI=1S/C12H26N2O/c1-11(2)13-10-12(3)15-9-8-14-6-4-5-7-14/h11-13H,4-10H2,1-3H3. The second-order valence-corrected chi connectivity index (χ2v) is 4.79. The monoisotopic (exact) mass is 214 g/mol. The fourth-order valence-electron chi connectivity index (χ4n) is 1.85. The average molecular weight is 214 g/mol. The first kappa shape index (κ1) is 12.9. The first-order chi connectivity index (χ1) is 7.18. The smallest absolute Gasteiger partial charge is 0.0672 e. The van der Waals surface area contributed by atoms with Gasteiger partial charge in [-0.2, -0.15) is 0 Å². The van der Waals surface area contributed by atoms with E-state index in [1.807, 2.05) is 0 Å². The molecular formula is C12H26N2O. The zero-order chi connectivity index (χ0) is 11.1. The zero-order valence-electron chi connectivity index (χ0n) is 10.5. The molecule has 1 fully saturated rings. The lowest BCUT2D eigenvalue weighted by atomic mass is 10.3. The van der Waals surface area contributed by atoms with Crippen LogP contribution in [0.3, 0.4) is 0 Å². The average Bonchev–Trinajstić information content (AvgIpc) is 2.67. The quantitative estimate of drug-likeness (QED) is 0.695. The molecule has 1 unspecified atom stereocenters. The molecule has 0 radical (unpaired) electrons. The van der Waals surface area contributed by atoms with Crippen LogP contribution in [0.5, 0.6) is 0 Å². The third-order valence-electron chi connectivity index (χ3n) is 2.82.